The van der Waals surface area contributed by atoms with E-state index in [-0.39, 0.29) is 24.0 Å². The molecule has 0 saturated carbocycles. The van der Waals surface area contributed by atoms with Crippen LogP contribution in [-0.4, -0.2) is 83.0 Å². The number of nitrogens with zero attached hydrogens (tertiary/aromatic N) is 4. The van der Waals surface area contributed by atoms with E-state index in [4.69, 9.17) is 4.74 Å². The van der Waals surface area contributed by atoms with Gasteiger partial charge in [0.25, 0.3) is 5.91 Å². The third-order valence-electron chi connectivity index (χ3n) is 5.05. The van der Waals surface area contributed by atoms with Gasteiger partial charge in [0.15, 0.2) is 4.96 Å². The van der Waals surface area contributed by atoms with Crippen LogP contribution in [0, 0.1) is 0 Å². The molecule has 2 saturated heterocycles. The molecule has 1 N–H and O–H groups in total. The molecule has 0 bridgehead atoms. The Kier molecular flexibility index (Phi) is 4.68. The van der Waals surface area contributed by atoms with Gasteiger partial charge in [0.2, 0.25) is 5.91 Å². The number of fused-ring (bicyclic) bond motifs is 2. The highest BCUT2D eigenvalue weighted by atomic mass is 32.1. The lowest BCUT2D eigenvalue weighted by molar-refractivity contribution is -0.134. The molecule has 4 rings (SSSR count). The predicted octanol–water partition coefficient (Wildman–Crippen LogP) is 0.446. The van der Waals surface area contributed by atoms with Crippen molar-refractivity contribution in [3.05, 3.63) is 23.5 Å². The molecule has 26 heavy (non-hydrogen) atoms. The van der Waals surface area contributed by atoms with E-state index in [0.29, 0.717) is 24.8 Å². The monoisotopic (exact) mass is 377 g/mol. The summed E-state index contributed by atoms with van der Waals surface area (Å²) in [5.41, 5.74) is 0.451. The van der Waals surface area contributed by atoms with E-state index in [1.165, 1.54) is 11.3 Å². The number of rotatable bonds is 4. The summed E-state index contributed by atoms with van der Waals surface area (Å²) < 4.78 is 7.72. The van der Waals surface area contributed by atoms with Crippen LogP contribution in [0.3, 0.4) is 0 Å². The first kappa shape index (κ1) is 17.4. The van der Waals surface area contributed by atoms with Gasteiger partial charge >= 0.3 is 0 Å². The Hall–Kier alpha value is -1.97. The number of hydrogen-bond acceptors (Lipinski definition) is 6. The number of nitrogens with one attached hydrogen (secondary N) is 1. The van der Waals surface area contributed by atoms with Gasteiger partial charge in [-0.15, -0.1) is 11.3 Å². The van der Waals surface area contributed by atoms with E-state index in [1.54, 1.807) is 25.2 Å². The van der Waals surface area contributed by atoms with Gasteiger partial charge in [-0.3, -0.25) is 18.9 Å². The molecule has 2 aliphatic heterocycles. The van der Waals surface area contributed by atoms with Gasteiger partial charge in [0, 0.05) is 57.0 Å². The molecule has 8 nitrogen and oxygen atoms in total. The molecule has 0 unspecified atom stereocenters. The van der Waals surface area contributed by atoms with Crippen molar-refractivity contribution in [2.45, 2.75) is 31.0 Å². The number of imidazole rings is 1. The number of amides is 2. The second kappa shape index (κ2) is 6.98. The molecule has 2 aromatic rings. The van der Waals surface area contributed by atoms with Crippen molar-refractivity contribution >= 4 is 28.1 Å². The largest absolute Gasteiger partial charge is 0.375 e. The van der Waals surface area contributed by atoms with E-state index >= 15 is 0 Å². The molecule has 3 atom stereocenters. The Morgan fingerprint density at radius 1 is 1.42 bits per heavy atom. The van der Waals surface area contributed by atoms with Crippen LogP contribution in [0.15, 0.2) is 17.8 Å². The Bertz CT molecular complexity index is 788. The van der Waals surface area contributed by atoms with Crippen LogP contribution >= 0.6 is 11.3 Å². The fraction of sp³-hybridized carbons (Fsp3) is 0.588. The summed E-state index contributed by atoms with van der Waals surface area (Å²) in [6.07, 6.45) is 4.85. The van der Waals surface area contributed by atoms with Gasteiger partial charge in [-0.25, -0.2) is 4.98 Å². The molecule has 2 aromatic heterocycles. The predicted molar refractivity (Wildman–Crippen MR) is 97.4 cm³/mol. The second-order valence-electron chi connectivity index (χ2n) is 7.18. The number of thiazole rings is 1. The Labute approximate surface area is 155 Å². The SMILES string of the molecule is CN(C)C(=O)C[C@H]1CN2C[C@H](NC(=O)c3cn4ccsc4n3)C[C@H]2CO1. The minimum absolute atomic E-state index is 0.0736. The first-order valence-corrected chi connectivity index (χ1v) is 9.66. The van der Waals surface area contributed by atoms with Crippen LogP contribution in [0.25, 0.3) is 4.96 Å². The Morgan fingerprint density at radius 3 is 3.04 bits per heavy atom. The summed E-state index contributed by atoms with van der Waals surface area (Å²) in [5.74, 6) is -0.0525. The molecule has 0 spiro atoms. The third kappa shape index (κ3) is 3.46. The highest BCUT2D eigenvalue weighted by molar-refractivity contribution is 7.15. The molecular formula is C17H23N5O3S. The van der Waals surface area contributed by atoms with Gasteiger partial charge in [0.05, 0.1) is 19.1 Å². The van der Waals surface area contributed by atoms with Gasteiger partial charge in [-0.1, -0.05) is 0 Å². The first-order valence-electron chi connectivity index (χ1n) is 8.78. The lowest BCUT2D eigenvalue weighted by Crippen LogP contribution is -2.47. The smallest absolute Gasteiger partial charge is 0.271 e. The van der Waals surface area contributed by atoms with Crippen molar-refractivity contribution in [3.63, 3.8) is 0 Å². The van der Waals surface area contributed by atoms with Crippen LogP contribution in [0.4, 0.5) is 0 Å². The number of morpholine rings is 1. The highest BCUT2D eigenvalue weighted by Crippen LogP contribution is 2.25. The van der Waals surface area contributed by atoms with E-state index in [0.717, 1.165) is 24.5 Å². The summed E-state index contributed by atoms with van der Waals surface area (Å²) in [6, 6.07) is 0.385. The van der Waals surface area contributed by atoms with Crippen molar-refractivity contribution in [2.75, 3.05) is 33.8 Å². The molecule has 2 amide bonds. The normalized spacial score (nSPS) is 26.0. The standard InChI is InChI=1S/C17H23N5O3S/c1-20(2)15(23)6-13-8-22-7-11(5-12(22)10-25-13)18-16(24)14-9-21-3-4-26-17(21)19-14/h3-4,9,11-13H,5-8,10H2,1-2H3,(H,18,24)/t11-,12+,13+/m1/s1. The summed E-state index contributed by atoms with van der Waals surface area (Å²) in [6.45, 7) is 2.13. The molecule has 0 aromatic carbocycles. The van der Waals surface area contributed by atoms with Gasteiger partial charge < -0.3 is 15.0 Å². The maximum atomic E-state index is 12.5. The van der Waals surface area contributed by atoms with Gasteiger partial charge in [0.1, 0.15) is 5.69 Å². The molecule has 9 heteroatoms. The number of carbonyl (C=O) groups is 2. The maximum absolute atomic E-state index is 12.5. The van der Waals surface area contributed by atoms with E-state index in [9.17, 15) is 9.59 Å². The number of ether oxygens (including phenoxy) is 1. The van der Waals surface area contributed by atoms with Crippen LogP contribution in [0.2, 0.25) is 0 Å². The second-order valence-corrected chi connectivity index (χ2v) is 8.05. The number of aromatic nitrogens is 2. The van der Waals surface area contributed by atoms with Crippen molar-refractivity contribution in [2.24, 2.45) is 0 Å². The van der Waals surface area contributed by atoms with Crippen LogP contribution in [0.1, 0.15) is 23.3 Å². The first-order chi connectivity index (χ1) is 12.5. The minimum atomic E-state index is -0.133. The zero-order valence-electron chi connectivity index (χ0n) is 14.9. The summed E-state index contributed by atoms with van der Waals surface area (Å²) >= 11 is 1.51. The summed E-state index contributed by atoms with van der Waals surface area (Å²) in [4.78, 5) is 33.5. The van der Waals surface area contributed by atoms with Gasteiger partial charge in [-0.05, 0) is 6.42 Å². The lowest BCUT2D eigenvalue weighted by Gasteiger charge is -2.35. The minimum Gasteiger partial charge on any atom is -0.375 e. The quantitative estimate of drug-likeness (QED) is 0.837. The lowest BCUT2D eigenvalue weighted by atomic mass is 10.1. The average molecular weight is 377 g/mol. The Morgan fingerprint density at radius 2 is 2.27 bits per heavy atom. The molecular weight excluding hydrogens is 354 g/mol. The number of hydrogen-bond donors (Lipinski definition) is 1. The fourth-order valence-electron chi connectivity index (χ4n) is 3.64. The topological polar surface area (TPSA) is 79.2 Å². The molecule has 4 heterocycles. The van der Waals surface area contributed by atoms with E-state index in [2.05, 4.69) is 15.2 Å². The third-order valence-corrected chi connectivity index (χ3v) is 5.82. The molecule has 2 fully saturated rings. The average Bonchev–Trinajstić information content (AvgIpc) is 3.27. The van der Waals surface area contributed by atoms with E-state index < -0.39 is 0 Å². The van der Waals surface area contributed by atoms with Crippen molar-refractivity contribution in [1.82, 2.24) is 24.5 Å². The van der Waals surface area contributed by atoms with Gasteiger partial charge in [-0.2, -0.15) is 0 Å². The van der Waals surface area contributed by atoms with Crippen LogP contribution in [-0.2, 0) is 9.53 Å². The van der Waals surface area contributed by atoms with Crippen molar-refractivity contribution in [3.8, 4) is 0 Å². The molecule has 140 valence electrons. The maximum Gasteiger partial charge on any atom is 0.271 e. The van der Waals surface area contributed by atoms with E-state index in [1.807, 2.05) is 16.0 Å². The van der Waals surface area contributed by atoms with Crippen molar-refractivity contribution < 1.29 is 14.3 Å². The molecule has 2 aliphatic rings. The molecule has 0 radical (unpaired) electrons. The summed E-state index contributed by atoms with van der Waals surface area (Å²) in [5, 5.41) is 5.03. The van der Waals surface area contributed by atoms with Crippen LogP contribution in [0.5, 0.6) is 0 Å². The van der Waals surface area contributed by atoms with Crippen molar-refractivity contribution in [1.29, 1.82) is 0 Å². The zero-order valence-corrected chi connectivity index (χ0v) is 15.7. The zero-order chi connectivity index (χ0) is 18.3. The molecule has 0 aliphatic carbocycles. The number of carbonyl (C=O) groups excluding carboxylic acids is 2. The van der Waals surface area contributed by atoms with Crippen LogP contribution < -0.4 is 5.32 Å². The Balaban J connectivity index is 1.32. The highest BCUT2D eigenvalue weighted by Gasteiger charge is 2.38. The fourth-order valence-corrected chi connectivity index (χ4v) is 4.34. The summed E-state index contributed by atoms with van der Waals surface area (Å²) in [7, 11) is 3.52.